The molecular weight excluding hydrogens is 374 g/mol. The van der Waals surface area contributed by atoms with E-state index in [1.165, 1.54) is 0 Å². The quantitative estimate of drug-likeness (QED) is 0.391. The van der Waals surface area contributed by atoms with Crippen molar-refractivity contribution in [3.63, 3.8) is 0 Å². The topological polar surface area (TPSA) is 26.3 Å². The number of halogens is 4. The first-order chi connectivity index (χ1) is 8.70. The van der Waals surface area contributed by atoms with Gasteiger partial charge >= 0.3 is 5.97 Å². The van der Waals surface area contributed by atoms with Crippen molar-refractivity contribution in [1.29, 1.82) is 0 Å². The third-order valence-electron chi connectivity index (χ3n) is 3.33. The summed E-state index contributed by atoms with van der Waals surface area (Å²) in [6.45, 7) is 6.34. The van der Waals surface area contributed by atoms with Gasteiger partial charge in [0.15, 0.2) is 3.79 Å². The highest BCUT2D eigenvalue weighted by Gasteiger charge is 2.41. The van der Waals surface area contributed by atoms with Crippen LogP contribution in [0.15, 0.2) is 0 Å². The number of rotatable bonds is 8. The predicted octanol–water partition coefficient (Wildman–Crippen LogP) is 5.66. The average Bonchev–Trinajstić information content (AvgIpc) is 2.26. The normalized spacial score (nSPS) is 16.8. The lowest BCUT2D eigenvalue weighted by Gasteiger charge is -2.38. The fraction of sp³-hybridized carbons (Fsp3) is 0.923. The molecule has 6 heteroatoms. The fourth-order valence-electron chi connectivity index (χ4n) is 2.30. The smallest absolute Gasteiger partial charge is 0.306 e. The lowest BCUT2D eigenvalue weighted by atomic mass is 9.74. The van der Waals surface area contributed by atoms with Gasteiger partial charge in [0.25, 0.3) is 0 Å². The van der Waals surface area contributed by atoms with Crippen molar-refractivity contribution in [2.24, 2.45) is 5.41 Å². The maximum Gasteiger partial charge on any atom is 0.306 e. The van der Waals surface area contributed by atoms with Crippen molar-refractivity contribution in [2.45, 2.75) is 61.5 Å². The number of carbonyl (C=O) groups is 1. The van der Waals surface area contributed by atoms with E-state index in [0.717, 1.165) is 19.3 Å². The van der Waals surface area contributed by atoms with Crippen LogP contribution in [-0.4, -0.2) is 21.2 Å². The molecule has 0 aliphatic rings. The summed E-state index contributed by atoms with van der Waals surface area (Å²) in [5.41, 5.74) is -0.231. The molecule has 0 aromatic carbocycles. The molecule has 0 amide bonds. The van der Waals surface area contributed by atoms with Crippen LogP contribution in [0.1, 0.15) is 52.9 Å². The van der Waals surface area contributed by atoms with Crippen LogP contribution in [0.25, 0.3) is 0 Å². The van der Waals surface area contributed by atoms with Gasteiger partial charge in [0.1, 0.15) is 0 Å². The Labute approximate surface area is 139 Å². The Morgan fingerprint density at radius 1 is 1.26 bits per heavy atom. The van der Waals surface area contributed by atoms with E-state index in [1.54, 1.807) is 6.92 Å². The molecule has 0 rings (SSSR count). The standard InChI is InChI=1S/C13H22BrCl3O2/c1-4-7-12(5-2,9-11(18)19-6-3)10(14)8-13(15,16)17/h10H,4-9H2,1-3H3. The summed E-state index contributed by atoms with van der Waals surface area (Å²) in [6.07, 6.45) is 3.40. The van der Waals surface area contributed by atoms with E-state index in [-0.39, 0.29) is 16.2 Å². The van der Waals surface area contributed by atoms with E-state index in [1.807, 2.05) is 0 Å². The second kappa shape index (κ2) is 8.96. The van der Waals surface area contributed by atoms with Gasteiger partial charge in [-0.25, -0.2) is 0 Å². The average molecular weight is 397 g/mol. The second-order valence-electron chi connectivity index (χ2n) is 4.73. The summed E-state index contributed by atoms with van der Waals surface area (Å²) in [4.78, 5) is 11.8. The summed E-state index contributed by atoms with van der Waals surface area (Å²) in [5.74, 6) is -0.188. The molecule has 0 fully saturated rings. The molecule has 0 radical (unpaired) electrons. The predicted molar refractivity (Wildman–Crippen MR) is 86.5 cm³/mol. The van der Waals surface area contributed by atoms with Crippen LogP contribution in [-0.2, 0) is 9.53 Å². The molecule has 2 unspecified atom stereocenters. The summed E-state index contributed by atoms with van der Waals surface area (Å²) in [6, 6.07) is 0. The lowest BCUT2D eigenvalue weighted by Crippen LogP contribution is -2.36. The van der Waals surface area contributed by atoms with Crippen molar-refractivity contribution in [3.05, 3.63) is 0 Å². The Morgan fingerprint density at radius 2 is 1.84 bits per heavy atom. The monoisotopic (exact) mass is 394 g/mol. The molecule has 0 spiro atoms. The molecule has 0 bridgehead atoms. The second-order valence-corrected chi connectivity index (χ2v) is 8.36. The number of hydrogen-bond acceptors (Lipinski definition) is 2. The molecule has 0 aromatic rings. The van der Waals surface area contributed by atoms with Gasteiger partial charge in [0.05, 0.1) is 13.0 Å². The number of esters is 1. The molecule has 0 heterocycles. The number of alkyl halides is 4. The molecule has 0 aliphatic carbocycles. The fourth-order valence-corrected chi connectivity index (χ4v) is 4.52. The number of carbonyl (C=O) groups excluding carboxylic acids is 1. The van der Waals surface area contributed by atoms with Gasteiger partial charge in [0.2, 0.25) is 0 Å². The third kappa shape index (κ3) is 7.40. The highest BCUT2D eigenvalue weighted by molar-refractivity contribution is 9.09. The number of ether oxygens (including phenoxy) is 1. The summed E-state index contributed by atoms with van der Waals surface area (Å²) in [5, 5.41) is 0. The maximum absolute atomic E-state index is 11.8. The zero-order valence-electron chi connectivity index (χ0n) is 11.6. The lowest BCUT2D eigenvalue weighted by molar-refractivity contribution is -0.146. The SMILES string of the molecule is CCCC(CC)(CC(=O)OCC)C(Br)CC(Cl)(Cl)Cl. The van der Waals surface area contributed by atoms with Gasteiger partial charge in [0, 0.05) is 11.2 Å². The van der Waals surface area contributed by atoms with Crippen molar-refractivity contribution in [3.8, 4) is 0 Å². The van der Waals surface area contributed by atoms with Crippen LogP contribution < -0.4 is 0 Å². The van der Waals surface area contributed by atoms with E-state index in [0.29, 0.717) is 19.4 Å². The highest BCUT2D eigenvalue weighted by atomic mass is 79.9. The molecule has 0 saturated heterocycles. The van der Waals surface area contributed by atoms with Gasteiger partial charge < -0.3 is 4.74 Å². The van der Waals surface area contributed by atoms with Crippen LogP contribution in [0.3, 0.4) is 0 Å². The van der Waals surface area contributed by atoms with E-state index >= 15 is 0 Å². The molecule has 19 heavy (non-hydrogen) atoms. The third-order valence-corrected chi connectivity index (χ3v) is 5.09. The van der Waals surface area contributed by atoms with Crippen molar-refractivity contribution >= 4 is 56.7 Å². The van der Waals surface area contributed by atoms with Crippen LogP contribution in [0, 0.1) is 5.41 Å². The Morgan fingerprint density at radius 3 is 2.21 bits per heavy atom. The van der Waals surface area contributed by atoms with Crippen LogP contribution >= 0.6 is 50.7 Å². The Balaban J connectivity index is 4.98. The zero-order valence-corrected chi connectivity index (χ0v) is 15.5. The van der Waals surface area contributed by atoms with Gasteiger partial charge in [-0.05, 0) is 25.2 Å². The van der Waals surface area contributed by atoms with Crippen molar-refractivity contribution in [1.82, 2.24) is 0 Å². The van der Waals surface area contributed by atoms with Gasteiger partial charge in [-0.2, -0.15) is 0 Å². The van der Waals surface area contributed by atoms with Gasteiger partial charge in [-0.15, -0.1) is 0 Å². The Kier molecular flexibility index (Phi) is 9.35. The van der Waals surface area contributed by atoms with Crippen LogP contribution in [0.2, 0.25) is 0 Å². The van der Waals surface area contributed by atoms with E-state index < -0.39 is 3.79 Å². The van der Waals surface area contributed by atoms with E-state index in [9.17, 15) is 4.79 Å². The molecule has 0 N–H and O–H groups in total. The molecule has 0 aliphatic heterocycles. The van der Waals surface area contributed by atoms with Crippen LogP contribution in [0.4, 0.5) is 0 Å². The van der Waals surface area contributed by atoms with Gasteiger partial charge in [-0.3, -0.25) is 4.79 Å². The maximum atomic E-state index is 11.8. The first-order valence-corrected chi connectivity index (χ1v) is 8.62. The zero-order chi connectivity index (χ0) is 15.1. The minimum absolute atomic E-state index is 0.0399. The molecule has 2 atom stereocenters. The van der Waals surface area contributed by atoms with Crippen molar-refractivity contribution < 1.29 is 9.53 Å². The van der Waals surface area contributed by atoms with E-state index in [4.69, 9.17) is 39.5 Å². The molecule has 2 nitrogen and oxygen atoms in total. The summed E-state index contributed by atoms with van der Waals surface area (Å²) >= 11 is 21.2. The molecule has 0 saturated carbocycles. The summed E-state index contributed by atoms with van der Waals surface area (Å²) < 4.78 is 3.74. The van der Waals surface area contributed by atoms with E-state index in [2.05, 4.69) is 29.8 Å². The Hall–Kier alpha value is 0.820. The number of hydrogen-bond donors (Lipinski definition) is 0. The molecular formula is C13H22BrCl3O2. The Bertz CT molecular complexity index is 282. The summed E-state index contributed by atoms with van der Waals surface area (Å²) in [7, 11) is 0. The first-order valence-electron chi connectivity index (χ1n) is 6.57. The highest BCUT2D eigenvalue weighted by Crippen LogP contribution is 2.46. The minimum Gasteiger partial charge on any atom is -0.466 e. The van der Waals surface area contributed by atoms with Crippen LogP contribution in [0.5, 0.6) is 0 Å². The van der Waals surface area contributed by atoms with Gasteiger partial charge in [-0.1, -0.05) is 71.0 Å². The first kappa shape index (κ1) is 19.8. The van der Waals surface area contributed by atoms with Crippen molar-refractivity contribution in [2.75, 3.05) is 6.61 Å². The minimum atomic E-state index is -1.32. The molecule has 114 valence electrons. The molecule has 0 aromatic heterocycles. The largest absolute Gasteiger partial charge is 0.466 e.